The summed E-state index contributed by atoms with van der Waals surface area (Å²) in [5.41, 5.74) is 6.05. The zero-order chi connectivity index (χ0) is 11.0. The zero-order valence-corrected chi connectivity index (χ0v) is 8.14. The van der Waals surface area contributed by atoms with Crippen LogP contribution in [-0.2, 0) is 0 Å². The Hall–Kier alpha value is -2.44. The number of fused-ring (bicyclic) bond motifs is 1. The van der Waals surface area contributed by atoms with Gasteiger partial charge in [-0.25, -0.2) is 0 Å². The van der Waals surface area contributed by atoms with Crippen molar-refractivity contribution in [3.8, 4) is 11.5 Å². The third-order valence-corrected chi connectivity index (χ3v) is 2.06. The van der Waals surface area contributed by atoms with Crippen LogP contribution in [0, 0.1) is 0 Å². The molecule has 3 rings (SSSR count). The van der Waals surface area contributed by atoms with Crippen molar-refractivity contribution in [2.24, 2.45) is 0 Å². The number of benzene rings is 1. The van der Waals surface area contributed by atoms with Crippen LogP contribution in [0.1, 0.15) is 0 Å². The quantitative estimate of drug-likeness (QED) is 0.782. The molecule has 1 aliphatic rings. The largest absolute Gasteiger partial charge is 0.454 e. The van der Waals surface area contributed by atoms with Gasteiger partial charge >= 0.3 is 12.0 Å². The number of hydrogen-bond acceptors (Lipinski definition) is 7. The molecule has 0 spiro atoms. The second-order valence-corrected chi connectivity index (χ2v) is 3.14. The Kier molecular flexibility index (Phi) is 1.82. The molecule has 1 aromatic heterocycles. The minimum absolute atomic E-state index is 0.0169. The van der Waals surface area contributed by atoms with Crippen LogP contribution in [0.2, 0.25) is 0 Å². The number of rotatable bonds is 2. The molecule has 2 heterocycles. The monoisotopic (exact) mass is 220 g/mol. The molecule has 0 aliphatic carbocycles. The molecular weight excluding hydrogens is 212 g/mol. The first-order valence-electron chi connectivity index (χ1n) is 4.57. The highest BCUT2D eigenvalue weighted by molar-refractivity contribution is 5.59. The SMILES string of the molecule is Nc1nnc(Nc2ccc3c(c2)OCO3)o1. The average molecular weight is 220 g/mol. The molecule has 0 unspecified atom stereocenters. The first kappa shape index (κ1) is 8.84. The molecule has 0 amide bonds. The maximum absolute atomic E-state index is 5.30. The van der Waals surface area contributed by atoms with E-state index in [1.807, 2.05) is 6.07 Å². The summed E-state index contributed by atoms with van der Waals surface area (Å²) in [5, 5.41) is 10.1. The van der Waals surface area contributed by atoms with Crippen molar-refractivity contribution >= 4 is 17.7 Å². The summed E-state index contributed by atoms with van der Waals surface area (Å²) in [6, 6.07) is 5.64. The van der Waals surface area contributed by atoms with Gasteiger partial charge in [0.05, 0.1) is 0 Å². The van der Waals surface area contributed by atoms with Crippen LogP contribution in [0.15, 0.2) is 22.6 Å². The summed E-state index contributed by atoms with van der Waals surface area (Å²) >= 11 is 0. The number of nitrogens with one attached hydrogen (secondary N) is 1. The lowest BCUT2D eigenvalue weighted by molar-refractivity contribution is 0.174. The second kappa shape index (κ2) is 3.30. The van der Waals surface area contributed by atoms with Crippen LogP contribution < -0.4 is 20.5 Å². The van der Waals surface area contributed by atoms with E-state index in [0.717, 1.165) is 11.4 Å². The molecule has 16 heavy (non-hydrogen) atoms. The smallest absolute Gasteiger partial charge is 0.321 e. The van der Waals surface area contributed by atoms with Crippen LogP contribution in [0.5, 0.6) is 11.5 Å². The Bertz CT molecular complexity index is 525. The van der Waals surface area contributed by atoms with Crippen LogP contribution >= 0.6 is 0 Å². The fraction of sp³-hybridized carbons (Fsp3) is 0.111. The normalized spacial score (nSPS) is 12.8. The number of anilines is 3. The molecule has 0 radical (unpaired) electrons. The molecule has 7 nitrogen and oxygen atoms in total. The molecule has 82 valence electrons. The van der Waals surface area contributed by atoms with E-state index in [4.69, 9.17) is 19.6 Å². The molecule has 1 aromatic carbocycles. The van der Waals surface area contributed by atoms with Gasteiger partial charge in [0.1, 0.15) is 0 Å². The molecule has 1 aliphatic heterocycles. The lowest BCUT2D eigenvalue weighted by Crippen LogP contribution is -1.93. The molecule has 0 bridgehead atoms. The van der Waals surface area contributed by atoms with Crippen LogP contribution in [0.3, 0.4) is 0 Å². The van der Waals surface area contributed by atoms with E-state index < -0.39 is 0 Å². The van der Waals surface area contributed by atoms with Gasteiger partial charge in [-0.15, -0.1) is 0 Å². The number of hydrogen-bond donors (Lipinski definition) is 2. The second-order valence-electron chi connectivity index (χ2n) is 3.14. The zero-order valence-electron chi connectivity index (χ0n) is 8.14. The van der Waals surface area contributed by atoms with Crippen molar-refractivity contribution in [2.45, 2.75) is 0 Å². The molecule has 0 fully saturated rings. The van der Waals surface area contributed by atoms with Gasteiger partial charge in [0, 0.05) is 11.8 Å². The van der Waals surface area contributed by atoms with Gasteiger partial charge in [-0.2, -0.15) is 0 Å². The molecule has 7 heteroatoms. The maximum atomic E-state index is 5.30. The minimum atomic E-state index is 0.0169. The first-order valence-corrected chi connectivity index (χ1v) is 4.57. The van der Waals surface area contributed by atoms with E-state index in [9.17, 15) is 0 Å². The average Bonchev–Trinajstić information content (AvgIpc) is 2.87. The number of nitrogen functional groups attached to an aromatic ring is 1. The van der Waals surface area contributed by atoms with Gasteiger partial charge in [-0.1, -0.05) is 10.2 Å². The fourth-order valence-corrected chi connectivity index (χ4v) is 1.38. The third kappa shape index (κ3) is 1.48. The fourth-order valence-electron chi connectivity index (χ4n) is 1.38. The first-order chi connectivity index (χ1) is 7.81. The summed E-state index contributed by atoms with van der Waals surface area (Å²) in [7, 11) is 0. The molecular formula is C9H8N4O3. The van der Waals surface area contributed by atoms with E-state index in [0.29, 0.717) is 5.75 Å². The van der Waals surface area contributed by atoms with Crippen molar-refractivity contribution < 1.29 is 13.9 Å². The molecule has 0 saturated carbocycles. The van der Waals surface area contributed by atoms with Gasteiger partial charge < -0.3 is 24.9 Å². The third-order valence-electron chi connectivity index (χ3n) is 2.06. The van der Waals surface area contributed by atoms with Crippen LogP contribution in [0.25, 0.3) is 0 Å². The Labute approximate surface area is 90.2 Å². The summed E-state index contributed by atoms with van der Waals surface area (Å²) in [6.45, 7) is 0.242. The molecule has 0 atom stereocenters. The maximum Gasteiger partial charge on any atom is 0.321 e. The topological polar surface area (TPSA) is 95.4 Å². The van der Waals surface area contributed by atoms with E-state index in [1.54, 1.807) is 12.1 Å². The van der Waals surface area contributed by atoms with Crippen LogP contribution in [0.4, 0.5) is 17.7 Å². The van der Waals surface area contributed by atoms with Gasteiger partial charge in [-0.05, 0) is 12.1 Å². The van der Waals surface area contributed by atoms with Gasteiger partial charge in [0.15, 0.2) is 11.5 Å². The summed E-state index contributed by atoms with van der Waals surface area (Å²) in [6.07, 6.45) is 0. The van der Waals surface area contributed by atoms with E-state index in [-0.39, 0.29) is 18.8 Å². The molecule has 2 aromatic rings. The predicted octanol–water partition coefficient (Wildman–Crippen LogP) is 1.12. The van der Waals surface area contributed by atoms with Crippen molar-refractivity contribution in [3.63, 3.8) is 0 Å². The lowest BCUT2D eigenvalue weighted by Gasteiger charge is -2.01. The van der Waals surface area contributed by atoms with Gasteiger partial charge in [0.2, 0.25) is 6.79 Å². The molecule has 0 saturated heterocycles. The standard InChI is InChI=1S/C9H8N4O3/c10-8-12-13-9(16-8)11-5-1-2-6-7(3-5)15-4-14-6/h1-3H,4H2,(H2,10,12)(H,11,13). The summed E-state index contributed by atoms with van der Waals surface area (Å²) in [4.78, 5) is 0. The number of nitrogens with two attached hydrogens (primary N) is 1. The Morgan fingerprint density at radius 1 is 1.19 bits per heavy atom. The van der Waals surface area contributed by atoms with Crippen molar-refractivity contribution in [3.05, 3.63) is 18.2 Å². The number of nitrogens with zero attached hydrogens (tertiary/aromatic N) is 2. The Morgan fingerprint density at radius 3 is 2.88 bits per heavy atom. The predicted molar refractivity (Wildman–Crippen MR) is 54.6 cm³/mol. The number of aromatic nitrogens is 2. The van der Waals surface area contributed by atoms with Crippen molar-refractivity contribution in [1.29, 1.82) is 0 Å². The Morgan fingerprint density at radius 2 is 2.06 bits per heavy atom. The number of ether oxygens (including phenoxy) is 2. The van der Waals surface area contributed by atoms with Crippen molar-refractivity contribution in [2.75, 3.05) is 17.8 Å². The highest BCUT2D eigenvalue weighted by atomic mass is 16.7. The Balaban J connectivity index is 1.85. The minimum Gasteiger partial charge on any atom is -0.454 e. The van der Waals surface area contributed by atoms with E-state index >= 15 is 0 Å². The van der Waals surface area contributed by atoms with Crippen molar-refractivity contribution in [1.82, 2.24) is 10.2 Å². The van der Waals surface area contributed by atoms with E-state index in [1.165, 1.54) is 0 Å². The van der Waals surface area contributed by atoms with E-state index in [2.05, 4.69) is 15.5 Å². The molecule has 3 N–H and O–H groups in total. The highest BCUT2D eigenvalue weighted by Gasteiger charge is 2.13. The lowest BCUT2D eigenvalue weighted by atomic mass is 10.3. The van der Waals surface area contributed by atoms with Gasteiger partial charge in [-0.3, -0.25) is 0 Å². The highest BCUT2D eigenvalue weighted by Crippen LogP contribution is 2.34. The summed E-state index contributed by atoms with van der Waals surface area (Å²) < 4.78 is 15.4. The van der Waals surface area contributed by atoms with Gasteiger partial charge in [0.25, 0.3) is 0 Å². The summed E-state index contributed by atoms with van der Waals surface area (Å²) in [5.74, 6) is 1.40. The van der Waals surface area contributed by atoms with Crippen LogP contribution in [-0.4, -0.2) is 17.0 Å².